The number of benzene rings is 1. The Balaban J connectivity index is 1.95. The van der Waals surface area contributed by atoms with Gasteiger partial charge in [0.1, 0.15) is 5.75 Å². The molecule has 0 radical (unpaired) electrons. The molecule has 1 aliphatic rings. The molecular formula is C21H33NO5. The lowest BCUT2D eigenvalue weighted by Crippen LogP contribution is -2.23. The third kappa shape index (κ3) is 6.79. The van der Waals surface area contributed by atoms with Crippen molar-refractivity contribution in [2.45, 2.75) is 58.8 Å². The maximum absolute atomic E-state index is 11.7. The Morgan fingerprint density at radius 1 is 1.26 bits per heavy atom. The molecule has 1 heterocycles. The molecule has 6 heteroatoms. The van der Waals surface area contributed by atoms with E-state index in [-0.39, 0.29) is 17.8 Å². The first-order chi connectivity index (χ1) is 12.8. The minimum absolute atomic E-state index is 0.0854. The van der Waals surface area contributed by atoms with Crippen molar-refractivity contribution in [3.63, 3.8) is 0 Å². The standard InChI is InChI=1S/C21H33NO5/c1-21(2,3)19(24-4)15-12-16(20(22)23)14-17(13-15)25-10-7-11-27-18-8-5-6-9-26-18/h12-14,18-19H,5-11H2,1-4H3,(H2,22,23). The van der Waals surface area contributed by atoms with E-state index in [1.165, 1.54) is 0 Å². The molecule has 2 rings (SSSR count). The Hall–Kier alpha value is -1.63. The lowest BCUT2D eigenvalue weighted by molar-refractivity contribution is -0.163. The van der Waals surface area contributed by atoms with E-state index in [1.807, 2.05) is 6.07 Å². The third-order valence-corrected chi connectivity index (χ3v) is 4.54. The topological polar surface area (TPSA) is 80.0 Å². The van der Waals surface area contributed by atoms with E-state index in [1.54, 1.807) is 19.2 Å². The van der Waals surface area contributed by atoms with Crippen LogP contribution in [0.1, 0.15) is 68.5 Å². The fourth-order valence-corrected chi connectivity index (χ4v) is 3.30. The normalized spacial score (nSPS) is 18.9. The highest BCUT2D eigenvalue weighted by molar-refractivity contribution is 5.93. The van der Waals surface area contributed by atoms with E-state index in [9.17, 15) is 4.79 Å². The van der Waals surface area contributed by atoms with Crippen molar-refractivity contribution in [3.8, 4) is 5.75 Å². The first-order valence-electron chi connectivity index (χ1n) is 9.65. The number of carbonyl (C=O) groups is 1. The molecule has 1 aromatic rings. The smallest absolute Gasteiger partial charge is 0.248 e. The predicted molar refractivity (Wildman–Crippen MR) is 104 cm³/mol. The van der Waals surface area contributed by atoms with Crippen molar-refractivity contribution in [1.82, 2.24) is 0 Å². The monoisotopic (exact) mass is 379 g/mol. The average Bonchev–Trinajstić information content (AvgIpc) is 2.61. The molecule has 1 aromatic carbocycles. The quantitative estimate of drug-likeness (QED) is 0.660. The van der Waals surface area contributed by atoms with Gasteiger partial charge in [-0.25, -0.2) is 0 Å². The predicted octanol–water partition coefficient (Wildman–Crippen LogP) is 3.83. The highest BCUT2D eigenvalue weighted by Crippen LogP contribution is 2.37. The number of hydrogen-bond donors (Lipinski definition) is 1. The third-order valence-electron chi connectivity index (χ3n) is 4.54. The molecule has 2 N–H and O–H groups in total. The summed E-state index contributed by atoms with van der Waals surface area (Å²) in [5.41, 5.74) is 6.66. The van der Waals surface area contributed by atoms with Crippen LogP contribution < -0.4 is 10.5 Å². The number of rotatable bonds is 9. The highest BCUT2D eigenvalue weighted by atomic mass is 16.7. The maximum Gasteiger partial charge on any atom is 0.248 e. The van der Waals surface area contributed by atoms with Gasteiger partial charge in [0.05, 0.1) is 19.3 Å². The van der Waals surface area contributed by atoms with Crippen LogP contribution in [0.15, 0.2) is 18.2 Å². The summed E-state index contributed by atoms with van der Waals surface area (Å²) in [4.78, 5) is 11.7. The molecule has 0 bridgehead atoms. The summed E-state index contributed by atoms with van der Waals surface area (Å²) in [6.07, 6.45) is 3.69. The van der Waals surface area contributed by atoms with Crippen molar-refractivity contribution >= 4 is 5.91 Å². The van der Waals surface area contributed by atoms with Crippen molar-refractivity contribution in [3.05, 3.63) is 29.3 Å². The fraction of sp³-hybridized carbons (Fsp3) is 0.667. The van der Waals surface area contributed by atoms with Gasteiger partial charge in [0, 0.05) is 25.7 Å². The maximum atomic E-state index is 11.7. The molecule has 1 fully saturated rings. The van der Waals surface area contributed by atoms with Gasteiger partial charge in [-0.2, -0.15) is 0 Å². The number of methoxy groups -OCH3 is 1. The van der Waals surface area contributed by atoms with Crippen LogP contribution in [0.25, 0.3) is 0 Å². The van der Waals surface area contributed by atoms with Crippen LogP contribution in [0.5, 0.6) is 5.75 Å². The van der Waals surface area contributed by atoms with Crippen LogP contribution in [0.2, 0.25) is 0 Å². The largest absolute Gasteiger partial charge is 0.493 e. The molecule has 2 atom stereocenters. The lowest BCUT2D eigenvalue weighted by atomic mass is 9.84. The van der Waals surface area contributed by atoms with E-state index in [0.717, 1.165) is 37.9 Å². The van der Waals surface area contributed by atoms with Gasteiger partial charge in [-0.05, 0) is 48.4 Å². The molecule has 6 nitrogen and oxygen atoms in total. The highest BCUT2D eigenvalue weighted by Gasteiger charge is 2.27. The van der Waals surface area contributed by atoms with E-state index in [2.05, 4.69) is 20.8 Å². The summed E-state index contributed by atoms with van der Waals surface area (Å²) < 4.78 is 22.8. The molecule has 0 aromatic heterocycles. The molecular weight excluding hydrogens is 346 g/mol. The van der Waals surface area contributed by atoms with Crippen molar-refractivity contribution in [2.24, 2.45) is 11.1 Å². The first kappa shape index (κ1) is 21.7. The molecule has 2 unspecified atom stereocenters. The number of ether oxygens (including phenoxy) is 4. The van der Waals surface area contributed by atoms with E-state index < -0.39 is 5.91 Å². The van der Waals surface area contributed by atoms with Gasteiger partial charge in [0.15, 0.2) is 6.29 Å². The molecule has 0 saturated carbocycles. The van der Waals surface area contributed by atoms with Crippen molar-refractivity contribution < 1.29 is 23.7 Å². The van der Waals surface area contributed by atoms with Crippen LogP contribution in [-0.4, -0.2) is 39.1 Å². The van der Waals surface area contributed by atoms with Gasteiger partial charge in [-0.3, -0.25) is 4.79 Å². The molecule has 0 spiro atoms. The van der Waals surface area contributed by atoms with Crippen LogP contribution in [-0.2, 0) is 14.2 Å². The second kappa shape index (κ2) is 10.1. The number of carbonyl (C=O) groups excluding carboxylic acids is 1. The first-order valence-corrected chi connectivity index (χ1v) is 9.65. The van der Waals surface area contributed by atoms with Crippen LogP contribution in [0.4, 0.5) is 0 Å². The van der Waals surface area contributed by atoms with Crippen LogP contribution in [0.3, 0.4) is 0 Å². The Kier molecular flexibility index (Phi) is 8.07. The van der Waals surface area contributed by atoms with Gasteiger partial charge in [0.2, 0.25) is 5.91 Å². The van der Waals surface area contributed by atoms with Gasteiger partial charge in [-0.15, -0.1) is 0 Å². The summed E-state index contributed by atoms with van der Waals surface area (Å²) in [6, 6.07) is 5.36. The fourth-order valence-electron chi connectivity index (χ4n) is 3.30. The van der Waals surface area contributed by atoms with Gasteiger partial charge in [0.25, 0.3) is 0 Å². The van der Waals surface area contributed by atoms with Crippen LogP contribution >= 0.6 is 0 Å². The SMILES string of the molecule is COC(c1cc(OCCCOC2CCCCO2)cc(C(N)=O)c1)C(C)(C)C. The van der Waals surface area contributed by atoms with Crippen molar-refractivity contribution in [1.29, 1.82) is 0 Å². The molecule has 27 heavy (non-hydrogen) atoms. The van der Waals surface area contributed by atoms with Gasteiger partial charge < -0.3 is 24.7 Å². The Morgan fingerprint density at radius 2 is 2.04 bits per heavy atom. The van der Waals surface area contributed by atoms with E-state index in [4.69, 9.17) is 24.7 Å². The molecule has 1 amide bonds. The zero-order valence-electron chi connectivity index (χ0n) is 17.0. The van der Waals surface area contributed by atoms with Crippen LogP contribution in [0, 0.1) is 5.41 Å². The zero-order chi connectivity index (χ0) is 19.9. The minimum Gasteiger partial charge on any atom is -0.493 e. The second-order valence-electron chi connectivity index (χ2n) is 8.01. The molecule has 0 aliphatic carbocycles. The number of primary amides is 1. The Bertz CT molecular complexity index is 605. The van der Waals surface area contributed by atoms with E-state index in [0.29, 0.717) is 24.5 Å². The molecule has 1 aliphatic heterocycles. The number of hydrogen-bond acceptors (Lipinski definition) is 5. The summed E-state index contributed by atoms with van der Waals surface area (Å²) in [5.74, 6) is 0.129. The minimum atomic E-state index is -0.483. The number of nitrogens with two attached hydrogens (primary N) is 1. The average molecular weight is 379 g/mol. The second-order valence-corrected chi connectivity index (χ2v) is 8.01. The summed E-state index contributed by atoms with van der Waals surface area (Å²) in [5, 5.41) is 0. The lowest BCUT2D eigenvalue weighted by Gasteiger charge is -2.30. The van der Waals surface area contributed by atoms with Gasteiger partial charge in [-0.1, -0.05) is 20.8 Å². The Morgan fingerprint density at radius 3 is 2.63 bits per heavy atom. The van der Waals surface area contributed by atoms with Crippen molar-refractivity contribution in [2.75, 3.05) is 26.9 Å². The number of amides is 1. The summed E-state index contributed by atoms with van der Waals surface area (Å²) in [7, 11) is 1.66. The Labute approximate surface area is 162 Å². The zero-order valence-corrected chi connectivity index (χ0v) is 17.0. The summed E-state index contributed by atoms with van der Waals surface area (Å²) in [6.45, 7) is 8.10. The van der Waals surface area contributed by atoms with Gasteiger partial charge >= 0.3 is 0 Å². The molecule has 152 valence electrons. The van der Waals surface area contributed by atoms with E-state index >= 15 is 0 Å². The molecule has 1 saturated heterocycles. The summed E-state index contributed by atoms with van der Waals surface area (Å²) >= 11 is 0.